The molecule has 2 aliphatic rings. The van der Waals surface area contributed by atoms with Crippen molar-refractivity contribution >= 4 is 23.5 Å². The molecule has 0 radical (unpaired) electrons. The molecule has 2 aliphatic heterocycles. The number of carbonyl (C=O) groups is 3. The summed E-state index contributed by atoms with van der Waals surface area (Å²) in [4.78, 5) is 47.6. The number of amides is 3. The molecule has 0 atom stereocenters. The molecule has 0 aliphatic carbocycles. The van der Waals surface area contributed by atoms with Crippen molar-refractivity contribution in [3.63, 3.8) is 0 Å². The van der Waals surface area contributed by atoms with Gasteiger partial charge < -0.3 is 10.2 Å². The molecule has 0 unspecified atom stereocenters. The molecule has 0 saturated heterocycles. The van der Waals surface area contributed by atoms with Crippen LogP contribution in [0.2, 0.25) is 0 Å². The van der Waals surface area contributed by atoms with Crippen molar-refractivity contribution in [3.8, 4) is 11.1 Å². The third-order valence-electron chi connectivity index (χ3n) is 4.95. The summed E-state index contributed by atoms with van der Waals surface area (Å²) in [5, 5.41) is 2.55. The topological polar surface area (TPSA) is 95.5 Å². The number of aromatic nitrogens is 2. The van der Waals surface area contributed by atoms with Crippen molar-refractivity contribution in [3.05, 3.63) is 53.9 Å². The van der Waals surface area contributed by atoms with Crippen LogP contribution >= 0.6 is 0 Å². The molecule has 29 heavy (non-hydrogen) atoms. The number of imide groups is 1. The number of hydrogen-bond donors (Lipinski definition) is 1. The first-order chi connectivity index (χ1) is 14.0. The van der Waals surface area contributed by atoms with E-state index in [2.05, 4.69) is 15.3 Å². The van der Waals surface area contributed by atoms with Gasteiger partial charge in [-0.15, -0.1) is 0 Å². The van der Waals surface area contributed by atoms with Crippen molar-refractivity contribution in [2.24, 2.45) is 0 Å². The predicted molar refractivity (Wildman–Crippen MR) is 102 cm³/mol. The van der Waals surface area contributed by atoms with Crippen LogP contribution in [0.4, 0.5) is 10.2 Å². The van der Waals surface area contributed by atoms with E-state index in [1.807, 2.05) is 0 Å². The Morgan fingerprint density at radius 3 is 2.83 bits per heavy atom. The van der Waals surface area contributed by atoms with Crippen LogP contribution < -0.4 is 5.32 Å². The highest BCUT2D eigenvalue weighted by Crippen LogP contribution is 2.30. The monoisotopic (exact) mass is 395 g/mol. The van der Waals surface area contributed by atoms with Crippen molar-refractivity contribution in [2.45, 2.75) is 12.8 Å². The molecular formula is C20H18FN5O3. The highest BCUT2D eigenvalue weighted by molar-refractivity contribution is 6.19. The smallest absolute Gasteiger partial charge is 0.277 e. The van der Waals surface area contributed by atoms with Crippen LogP contribution in [0.15, 0.2) is 48.1 Å². The molecule has 148 valence electrons. The Bertz CT molecular complexity index is 1040. The molecular weight excluding hydrogens is 377 g/mol. The molecule has 0 spiro atoms. The molecule has 0 saturated carbocycles. The maximum atomic E-state index is 14.4. The normalized spacial score (nSPS) is 16.3. The Morgan fingerprint density at radius 2 is 2.10 bits per heavy atom. The van der Waals surface area contributed by atoms with Gasteiger partial charge >= 0.3 is 0 Å². The highest BCUT2D eigenvalue weighted by Gasteiger charge is 2.40. The number of nitrogens with zero attached hydrogens (tertiary/aromatic N) is 4. The minimum Gasteiger partial charge on any atom is -0.357 e. The van der Waals surface area contributed by atoms with Gasteiger partial charge in [-0.05, 0) is 18.9 Å². The third kappa shape index (κ3) is 3.46. The van der Waals surface area contributed by atoms with E-state index in [1.165, 1.54) is 19.4 Å². The summed E-state index contributed by atoms with van der Waals surface area (Å²) in [6.45, 7) is 0.361. The molecule has 0 aromatic carbocycles. The summed E-state index contributed by atoms with van der Waals surface area (Å²) in [5.74, 6) is -1.64. The zero-order valence-corrected chi connectivity index (χ0v) is 15.7. The van der Waals surface area contributed by atoms with Crippen molar-refractivity contribution < 1.29 is 18.8 Å². The number of likely N-dealkylation sites (N-methyl/N-ethyl adjacent to an activating group) is 1. The van der Waals surface area contributed by atoms with E-state index in [4.69, 9.17) is 0 Å². The molecule has 2 aromatic heterocycles. The summed E-state index contributed by atoms with van der Waals surface area (Å²) >= 11 is 0. The standard InChI is InChI=1S/C20H18FN5O3/c1-25-19(28)13-5-3-7-26(18(13)20(25)29)11-17(27)24-16-8-15(21)14(10-23-16)12-4-2-6-22-9-12/h2,4,6,8-10H,3,5,7,11H2,1H3,(H,23,24,27). The number of anilines is 1. The number of nitrogens with one attached hydrogen (secondary N) is 1. The van der Waals surface area contributed by atoms with Crippen LogP contribution in [-0.4, -0.2) is 57.6 Å². The lowest BCUT2D eigenvalue weighted by atomic mass is 10.0. The third-order valence-corrected chi connectivity index (χ3v) is 4.95. The maximum Gasteiger partial charge on any atom is 0.277 e. The Hall–Kier alpha value is -3.62. The van der Waals surface area contributed by atoms with E-state index >= 15 is 0 Å². The molecule has 1 N–H and O–H groups in total. The maximum absolute atomic E-state index is 14.4. The van der Waals surface area contributed by atoms with E-state index in [0.29, 0.717) is 30.5 Å². The van der Waals surface area contributed by atoms with Gasteiger partial charge in [0.05, 0.1) is 6.54 Å². The van der Waals surface area contributed by atoms with E-state index in [9.17, 15) is 18.8 Å². The van der Waals surface area contributed by atoms with Crippen LogP contribution in [0.1, 0.15) is 12.8 Å². The summed E-state index contributed by atoms with van der Waals surface area (Å²) in [7, 11) is 1.43. The number of hydrogen-bond acceptors (Lipinski definition) is 6. The van der Waals surface area contributed by atoms with E-state index < -0.39 is 17.6 Å². The van der Waals surface area contributed by atoms with Crippen molar-refractivity contribution in [1.82, 2.24) is 19.8 Å². The lowest BCUT2D eigenvalue weighted by Crippen LogP contribution is -2.38. The summed E-state index contributed by atoms with van der Waals surface area (Å²) < 4.78 is 14.4. The first-order valence-corrected chi connectivity index (χ1v) is 9.12. The van der Waals surface area contributed by atoms with Gasteiger partial charge in [-0.25, -0.2) is 9.37 Å². The van der Waals surface area contributed by atoms with Gasteiger partial charge in [-0.2, -0.15) is 0 Å². The minimum atomic E-state index is -0.538. The van der Waals surface area contributed by atoms with Gasteiger partial charge in [-0.3, -0.25) is 24.3 Å². The quantitative estimate of drug-likeness (QED) is 0.790. The fourth-order valence-corrected chi connectivity index (χ4v) is 3.54. The molecule has 3 amide bonds. The van der Waals surface area contributed by atoms with Crippen molar-refractivity contribution in [1.29, 1.82) is 0 Å². The summed E-state index contributed by atoms with van der Waals surface area (Å²) in [6.07, 6.45) is 5.64. The Balaban J connectivity index is 1.47. The molecule has 8 nitrogen and oxygen atoms in total. The second kappa shape index (κ2) is 7.42. The second-order valence-corrected chi connectivity index (χ2v) is 6.86. The number of halogens is 1. The Morgan fingerprint density at radius 1 is 1.28 bits per heavy atom. The Labute approximate surface area is 166 Å². The summed E-state index contributed by atoms with van der Waals surface area (Å²) in [5.41, 5.74) is 1.59. The second-order valence-electron chi connectivity index (χ2n) is 6.86. The lowest BCUT2D eigenvalue weighted by molar-refractivity contribution is -0.136. The lowest BCUT2D eigenvalue weighted by Gasteiger charge is -2.28. The van der Waals surface area contributed by atoms with Gasteiger partial charge in [0.25, 0.3) is 11.8 Å². The number of pyridine rings is 2. The van der Waals surface area contributed by atoms with Crippen LogP contribution in [0.5, 0.6) is 0 Å². The van der Waals surface area contributed by atoms with Crippen molar-refractivity contribution in [2.75, 3.05) is 25.5 Å². The number of rotatable bonds is 4. The Kier molecular flexibility index (Phi) is 4.79. The largest absolute Gasteiger partial charge is 0.357 e. The fourth-order valence-electron chi connectivity index (χ4n) is 3.54. The predicted octanol–water partition coefficient (Wildman–Crippen LogP) is 1.57. The van der Waals surface area contributed by atoms with Gasteiger partial charge in [-0.1, -0.05) is 6.07 Å². The number of carbonyl (C=O) groups excluding carboxylic acids is 3. The molecule has 0 bridgehead atoms. The molecule has 4 rings (SSSR count). The average molecular weight is 395 g/mol. The first kappa shape index (κ1) is 18.7. The van der Waals surface area contributed by atoms with Crippen LogP contribution in [0.3, 0.4) is 0 Å². The fraction of sp³-hybridized carbons (Fsp3) is 0.250. The SMILES string of the molecule is CN1C(=O)C2=C(C1=O)N(CC(=O)Nc1cc(F)c(-c3cccnc3)cn1)CCC2. The van der Waals surface area contributed by atoms with Gasteiger partial charge in [0.15, 0.2) is 0 Å². The average Bonchev–Trinajstić information content (AvgIpc) is 2.94. The zero-order chi connectivity index (χ0) is 20.5. The zero-order valence-electron chi connectivity index (χ0n) is 15.7. The summed E-state index contributed by atoms with van der Waals surface area (Å²) in [6, 6.07) is 4.54. The first-order valence-electron chi connectivity index (χ1n) is 9.12. The van der Waals surface area contributed by atoms with E-state index in [0.717, 1.165) is 11.0 Å². The molecule has 4 heterocycles. The van der Waals surface area contributed by atoms with Gasteiger partial charge in [0, 0.05) is 54.9 Å². The van der Waals surface area contributed by atoms with Crippen LogP contribution in [0, 0.1) is 5.82 Å². The van der Waals surface area contributed by atoms with E-state index in [1.54, 1.807) is 23.2 Å². The van der Waals surface area contributed by atoms with Gasteiger partial charge in [0.1, 0.15) is 17.3 Å². The van der Waals surface area contributed by atoms with Crippen LogP contribution in [0.25, 0.3) is 11.1 Å². The van der Waals surface area contributed by atoms with E-state index in [-0.39, 0.29) is 29.5 Å². The molecule has 9 heteroatoms. The van der Waals surface area contributed by atoms with Gasteiger partial charge in [0.2, 0.25) is 5.91 Å². The van der Waals surface area contributed by atoms with Crippen LogP contribution in [-0.2, 0) is 14.4 Å². The minimum absolute atomic E-state index is 0.0669. The molecule has 0 fully saturated rings. The molecule has 2 aromatic rings. The highest BCUT2D eigenvalue weighted by atomic mass is 19.1.